The van der Waals surface area contributed by atoms with E-state index in [9.17, 15) is 19.2 Å². The van der Waals surface area contributed by atoms with Crippen molar-refractivity contribution < 1.29 is 23.9 Å². The summed E-state index contributed by atoms with van der Waals surface area (Å²) >= 11 is 5.91. The summed E-state index contributed by atoms with van der Waals surface area (Å²) in [5.74, 6) is -0.911. The zero-order valence-corrected chi connectivity index (χ0v) is 16.0. The number of benzene rings is 1. The maximum absolute atomic E-state index is 12.0. The number of nitrogens with one attached hydrogen (secondary N) is 3. The molecule has 0 saturated carbocycles. The van der Waals surface area contributed by atoms with E-state index in [0.29, 0.717) is 16.3 Å². The number of imide groups is 1. The smallest absolute Gasteiger partial charge is 0.325 e. The second-order valence-electron chi connectivity index (χ2n) is 6.49. The van der Waals surface area contributed by atoms with Gasteiger partial charge in [0.2, 0.25) is 11.8 Å². The summed E-state index contributed by atoms with van der Waals surface area (Å²) in [6.07, 6.45) is -0.193. The first-order valence-electron chi connectivity index (χ1n) is 8.18. The van der Waals surface area contributed by atoms with Gasteiger partial charge in [-0.2, -0.15) is 0 Å². The molecule has 27 heavy (non-hydrogen) atoms. The van der Waals surface area contributed by atoms with Crippen molar-refractivity contribution in [2.75, 3.05) is 13.7 Å². The van der Waals surface area contributed by atoms with Crippen molar-refractivity contribution in [2.45, 2.75) is 32.2 Å². The second-order valence-corrected chi connectivity index (χ2v) is 6.93. The number of urea groups is 1. The Morgan fingerprint density at radius 3 is 2.48 bits per heavy atom. The summed E-state index contributed by atoms with van der Waals surface area (Å²) < 4.78 is 5.16. The number of nitrogens with zero attached hydrogens (tertiary/aromatic N) is 1. The van der Waals surface area contributed by atoms with Crippen LogP contribution in [0.25, 0.3) is 0 Å². The van der Waals surface area contributed by atoms with Crippen LogP contribution in [0.3, 0.4) is 0 Å². The van der Waals surface area contributed by atoms with Crippen molar-refractivity contribution in [3.63, 3.8) is 0 Å². The quantitative estimate of drug-likeness (QED) is 0.484. The van der Waals surface area contributed by atoms with E-state index in [4.69, 9.17) is 16.3 Å². The van der Waals surface area contributed by atoms with Gasteiger partial charge in [0.25, 0.3) is 5.91 Å². The number of hydrazine groups is 1. The SMILES string of the molecule is COc1ccc(Cl)cc1CC(=O)NNC(=O)CCN1C(=O)NC(C)(C)C1=O. The summed E-state index contributed by atoms with van der Waals surface area (Å²) in [7, 11) is 1.48. The average molecular weight is 397 g/mol. The Bertz CT molecular complexity index is 781. The van der Waals surface area contributed by atoms with Gasteiger partial charge in [-0.3, -0.25) is 30.1 Å². The fraction of sp³-hybridized carbons (Fsp3) is 0.412. The molecule has 2 rings (SSSR count). The molecule has 1 aliphatic heterocycles. The molecule has 5 amide bonds. The number of amides is 5. The molecule has 0 aromatic heterocycles. The molecule has 3 N–H and O–H groups in total. The highest BCUT2D eigenvalue weighted by Crippen LogP contribution is 2.23. The van der Waals surface area contributed by atoms with Crippen molar-refractivity contribution in [2.24, 2.45) is 0 Å². The van der Waals surface area contributed by atoms with Crippen LogP contribution in [0.15, 0.2) is 18.2 Å². The van der Waals surface area contributed by atoms with Gasteiger partial charge >= 0.3 is 6.03 Å². The molecular formula is C17H21ClN4O5. The summed E-state index contributed by atoms with van der Waals surface area (Å²) in [6, 6.07) is 4.33. The Morgan fingerprint density at radius 2 is 1.89 bits per heavy atom. The van der Waals surface area contributed by atoms with E-state index in [-0.39, 0.29) is 19.4 Å². The number of rotatable bonds is 6. The van der Waals surface area contributed by atoms with Crippen molar-refractivity contribution in [1.82, 2.24) is 21.1 Å². The first-order chi connectivity index (χ1) is 12.6. The van der Waals surface area contributed by atoms with E-state index in [1.165, 1.54) is 7.11 Å². The van der Waals surface area contributed by atoms with Gasteiger partial charge in [-0.25, -0.2) is 4.79 Å². The van der Waals surface area contributed by atoms with Crippen molar-refractivity contribution in [3.05, 3.63) is 28.8 Å². The van der Waals surface area contributed by atoms with E-state index < -0.39 is 29.3 Å². The molecule has 0 spiro atoms. The molecule has 1 heterocycles. The summed E-state index contributed by atoms with van der Waals surface area (Å²) in [5, 5.41) is 2.98. The molecule has 1 aromatic rings. The van der Waals surface area contributed by atoms with Gasteiger partial charge in [0.1, 0.15) is 11.3 Å². The van der Waals surface area contributed by atoms with Crippen LogP contribution < -0.4 is 20.9 Å². The molecule has 10 heteroatoms. The van der Waals surface area contributed by atoms with Crippen molar-refractivity contribution >= 4 is 35.4 Å². The van der Waals surface area contributed by atoms with Gasteiger partial charge in [-0.05, 0) is 32.0 Å². The number of carbonyl (C=O) groups excluding carboxylic acids is 4. The normalized spacial score (nSPS) is 15.3. The van der Waals surface area contributed by atoms with E-state index in [1.807, 2.05) is 0 Å². The number of halogens is 1. The lowest BCUT2D eigenvalue weighted by molar-refractivity contribution is -0.131. The number of hydrogen-bond donors (Lipinski definition) is 3. The van der Waals surface area contributed by atoms with Gasteiger partial charge in [-0.1, -0.05) is 11.6 Å². The van der Waals surface area contributed by atoms with Crippen LogP contribution in [0.5, 0.6) is 5.75 Å². The van der Waals surface area contributed by atoms with Gasteiger partial charge < -0.3 is 10.1 Å². The molecule has 0 radical (unpaired) electrons. The third kappa shape index (κ3) is 5.10. The maximum atomic E-state index is 12.0. The van der Waals surface area contributed by atoms with E-state index in [1.54, 1.807) is 32.0 Å². The van der Waals surface area contributed by atoms with E-state index in [2.05, 4.69) is 16.2 Å². The van der Waals surface area contributed by atoms with Crippen LogP contribution in [-0.4, -0.2) is 47.8 Å². The first-order valence-corrected chi connectivity index (χ1v) is 8.56. The minimum Gasteiger partial charge on any atom is -0.496 e. The van der Waals surface area contributed by atoms with Crippen LogP contribution in [-0.2, 0) is 20.8 Å². The van der Waals surface area contributed by atoms with Crippen LogP contribution in [0.1, 0.15) is 25.8 Å². The Kier molecular flexibility index (Phi) is 6.27. The molecule has 0 aliphatic carbocycles. The zero-order valence-electron chi connectivity index (χ0n) is 15.2. The lowest BCUT2D eigenvalue weighted by atomic mass is 10.1. The van der Waals surface area contributed by atoms with Gasteiger partial charge in [-0.15, -0.1) is 0 Å². The predicted octanol–water partition coefficient (Wildman–Crippen LogP) is 0.759. The van der Waals surface area contributed by atoms with E-state index in [0.717, 1.165) is 4.90 Å². The fourth-order valence-electron chi connectivity index (χ4n) is 2.54. The second kappa shape index (κ2) is 8.26. The van der Waals surface area contributed by atoms with Crippen LogP contribution in [0.2, 0.25) is 5.02 Å². The van der Waals surface area contributed by atoms with Crippen LogP contribution in [0, 0.1) is 0 Å². The minimum absolute atomic E-state index is 0.0504. The maximum Gasteiger partial charge on any atom is 0.325 e. The number of methoxy groups -OCH3 is 1. The topological polar surface area (TPSA) is 117 Å². The van der Waals surface area contributed by atoms with Crippen LogP contribution in [0.4, 0.5) is 4.79 Å². The lowest BCUT2D eigenvalue weighted by Crippen LogP contribution is -2.44. The van der Waals surface area contributed by atoms with E-state index >= 15 is 0 Å². The Labute approximate surface area is 161 Å². The highest BCUT2D eigenvalue weighted by Gasteiger charge is 2.43. The number of ether oxygens (including phenoxy) is 1. The first kappa shape index (κ1) is 20.5. The average Bonchev–Trinajstić information content (AvgIpc) is 2.79. The third-order valence-electron chi connectivity index (χ3n) is 3.94. The highest BCUT2D eigenvalue weighted by molar-refractivity contribution is 6.30. The molecule has 0 unspecified atom stereocenters. The molecule has 146 valence electrons. The lowest BCUT2D eigenvalue weighted by Gasteiger charge is -2.16. The van der Waals surface area contributed by atoms with Gasteiger partial charge in [0.05, 0.1) is 13.5 Å². The Hall–Kier alpha value is -2.81. The Balaban J connectivity index is 1.80. The van der Waals surface area contributed by atoms with Crippen molar-refractivity contribution in [1.29, 1.82) is 0 Å². The summed E-state index contributed by atoms with van der Waals surface area (Å²) in [5.41, 5.74) is 4.10. The standard InChI is InChI=1S/C17H21ClN4O5/c1-17(2)15(25)22(16(26)19-17)7-6-13(23)20-21-14(24)9-10-8-11(18)4-5-12(10)27-3/h4-5,8H,6-7,9H2,1-3H3,(H,19,26)(H,20,23)(H,21,24). The number of hydrogen-bond acceptors (Lipinski definition) is 5. The minimum atomic E-state index is -0.988. The molecule has 0 bridgehead atoms. The summed E-state index contributed by atoms with van der Waals surface area (Å²) in [4.78, 5) is 48.6. The molecule has 9 nitrogen and oxygen atoms in total. The van der Waals surface area contributed by atoms with Gasteiger partial charge in [0.15, 0.2) is 0 Å². The predicted molar refractivity (Wildman–Crippen MR) is 96.9 cm³/mol. The molecule has 1 aromatic carbocycles. The molecule has 1 fully saturated rings. The van der Waals surface area contributed by atoms with Crippen molar-refractivity contribution in [3.8, 4) is 5.75 Å². The third-order valence-corrected chi connectivity index (χ3v) is 4.18. The Morgan fingerprint density at radius 1 is 1.22 bits per heavy atom. The zero-order chi connectivity index (χ0) is 20.2. The largest absolute Gasteiger partial charge is 0.496 e. The molecule has 1 aliphatic rings. The van der Waals surface area contributed by atoms with Gasteiger partial charge in [0, 0.05) is 23.6 Å². The fourth-order valence-corrected chi connectivity index (χ4v) is 2.73. The summed E-state index contributed by atoms with van der Waals surface area (Å²) in [6.45, 7) is 3.08. The van der Waals surface area contributed by atoms with Crippen LogP contribution >= 0.6 is 11.6 Å². The molecular weight excluding hydrogens is 376 g/mol. The highest BCUT2D eigenvalue weighted by atomic mass is 35.5. The molecule has 0 atom stereocenters. The monoisotopic (exact) mass is 396 g/mol. The molecule has 1 saturated heterocycles. The number of carbonyl (C=O) groups is 4.